The van der Waals surface area contributed by atoms with Gasteiger partial charge in [0.1, 0.15) is 0 Å². The summed E-state index contributed by atoms with van der Waals surface area (Å²) >= 11 is 4.92. The predicted octanol–water partition coefficient (Wildman–Crippen LogP) is 3.74. The SMILES string of the molecule is O=C(C[n+]1ccc(-c2cccc(Br)c2)nc1)c1cccs1. The van der Waals surface area contributed by atoms with Gasteiger partial charge in [-0.15, -0.1) is 11.3 Å². The van der Waals surface area contributed by atoms with Crippen molar-refractivity contribution in [3.05, 3.63) is 69.7 Å². The summed E-state index contributed by atoms with van der Waals surface area (Å²) in [5.74, 6) is 0.104. The molecule has 3 nitrogen and oxygen atoms in total. The van der Waals surface area contributed by atoms with Crippen molar-refractivity contribution in [1.29, 1.82) is 0 Å². The molecule has 21 heavy (non-hydrogen) atoms. The van der Waals surface area contributed by atoms with Gasteiger partial charge in [-0.05, 0) is 28.6 Å². The molecule has 0 bridgehead atoms. The van der Waals surface area contributed by atoms with Crippen LogP contribution in [0.1, 0.15) is 9.67 Å². The second kappa shape index (κ2) is 6.28. The van der Waals surface area contributed by atoms with E-state index in [-0.39, 0.29) is 5.78 Å². The number of rotatable bonds is 4. The molecule has 0 atom stereocenters. The van der Waals surface area contributed by atoms with E-state index in [1.165, 1.54) is 11.3 Å². The normalized spacial score (nSPS) is 10.5. The van der Waals surface area contributed by atoms with E-state index in [1.54, 1.807) is 10.9 Å². The third-order valence-electron chi connectivity index (χ3n) is 3.01. The number of carbonyl (C=O) groups excluding carboxylic acids is 1. The highest BCUT2D eigenvalue weighted by molar-refractivity contribution is 9.10. The lowest BCUT2D eigenvalue weighted by atomic mass is 10.1. The minimum Gasteiger partial charge on any atom is -0.289 e. The van der Waals surface area contributed by atoms with Crippen molar-refractivity contribution < 1.29 is 9.36 Å². The first-order valence-corrected chi connectivity index (χ1v) is 8.07. The van der Waals surface area contributed by atoms with E-state index in [4.69, 9.17) is 0 Å². The fraction of sp³-hybridized carbons (Fsp3) is 0.0625. The molecule has 0 fully saturated rings. The second-order valence-corrected chi connectivity index (χ2v) is 6.39. The molecule has 0 aliphatic rings. The van der Waals surface area contributed by atoms with Crippen molar-refractivity contribution in [2.75, 3.05) is 0 Å². The molecule has 0 aliphatic heterocycles. The first-order chi connectivity index (χ1) is 10.2. The fourth-order valence-corrected chi connectivity index (χ4v) is 3.03. The largest absolute Gasteiger partial charge is 0.289 e. The Morgan fingerprint density at radius 1 is 1.24 bits per heavy atom. The highest BCUT2D eigenvalue weighted by atomic mass is 79.9. The van der Waals surface area contributed by atoms with Gasteiger partial charge in [-0.25, -0.2) is 4.57 Å². The van der Waals surface area contributed by atoms with Crippen LogP contribution in [-0.4, -0.2) is 10.8 Å². The zero-order valence-electron chi connectivity index (χ0n) is 11.1. The van der Waals surface area contributed by atoms with Gasteiger partial charge < -0.3 is 0 Å². The molecule has 2 heterocycles. The minimum atomic E-state index is 0.104. The number of thiophene rings is 1. The molecular formula is C16H12BrN2OS+. The molecular weight excluding hydrogens is 348 g/mol. The monoisotopic (exact) mass is 359 g/mol. The van der Waals surface area contributed by atoms with Crippen LogP contribution in [0, 0.1) is 0 Å². The number of ketones is 1. The van der Waals surface area contributed by atoms with Gasteiger partial charge in [-0.3, -0.25) is 4.79 Å². The Morgan fingerprint density at radius 2 is 2.14 bits per heavy atom. The second-order valence-electron chi connectivity index (χ2n) is 4.53. The lowest BCUT2D eigenvalue weighted by molar-refractivity contribution is -0.686. The van der Waals surface area contributed by atoms with Gasteiger partial charge in [-0.1, -0.05) is 34.1 Å². The molecule has 0 saturated carbocycles. The first-order valence-electron chi connectivity index (χ1n) is 6.40. The van der Waals surface area contributed by atoms with Gasteiger partial charge in [0.25, 0.3) is 6.33 Å². The summed E-state index contributed by atoms with van der Waals surface area (Å²) in [6.45, 7) is 0.312. The lowest BCUT2D eigenvalue weighted by Crippen LogP contribution is -2.37. The molecule has 3 rings (SSSR count). The molecule has 1 aromatic carbocycles. The maximum Gasteiger partial charge on any atom is 0.287 e. The zero-order chi connectivity index (χ0) is 14.7. The molecule has 2 aromatic heterocycles. The molecule has 0 saturated heterocycles. The molecule has 0 aliphatic carbocycles. The van der Waals surface area contributed by atoms with E-state index >= 15 is 0 Å². The van der Waals surface area contributed by atoms with Gasteiger partial charge in [-0.2, -0.15) is 0 Å². The number of Topliss-reactive ketones (excluding diaryl/α,β-unsaturated/α-hetero) is 1. The Bertz CT molecular complexity index is 754. The summed E-state index contributed by atoms with van der Waals surface area (Å²) in [5.41, 5.74) is 1.93. The summed E-state index contributed by atoms with van der Waals surface area (Å²) in [5, 5.41) is 1.91. The maximum absolute atomic E-state index is 12.0. The maximum atomic E-state index is 12.0. The van der Waals surface area contributed by atoms with Gasteiger partial charge in [0.05, 0.1) is 11.1 Å². The van der Waals surface area contributed by atoms with Gasteiger partial charge in [0, 0.05) is 16.1 Å². The van der Waals surface area contributed by atoms with Crippen LogP contribution in [0.3, 0.4) is 0 Å². The number of aromatic nitrogens is 2. The Labute approximate surface area is 135 Å². The average Bonchev–Trinajstić information content (AvgIpc) is 3.02. The molecule has 0 N–H and O–H groups in total. The highest BCUT2D eigenvalue weighted by Crippen LogP contribution is 2.20. The Morgan fingerprint density at radius 3 is 2.81 bits per heavy atom. The average molecular weight is 360 g/mol. The third-order valence-corrected chi connectivity index (χ3v) is 4.42. The van der Waals surface area contributed by atoms with Crippen LogP contribution in [0.2, 0.25) is 0 Å². The third kappa shape index (κ3) is 3.43. The zero-order valence-corrected chi connectivity index (χ0v) is 13.5. The number of benzene rings is 1. The quantitative estimate of drug-likeness (QED) is 0.525. The highest BCUT2D eigenvalue weighted by Gasteiger charge is 2.12. The van der Waals surface area contributed by atoms with Crippen molar-refractivity contribution >= 4 is 33.0 Å². The molecule has 104 valence electrons. The molecule has 3 aromatic rings. The Hall–Kier alpha value is -1.85. The Balaban J connectivity index is 1.77. The van der Waals surface area contributed by atoms with Gasteiger partial charge >= 0.3 is 0 Å². The van der Waals surface area contributed by atoms with Crippen LogP contribution in [0.25, 0.3) is 11.3 Å². The van der Waals surface area contributed by atoms with E-state index in [9.17, 15) is 4.79 Å². The van der Waals surface area contributed by atoms with Crippen LogP contribution in [0.15, 0.2) is 64.8 Å². The fourth-order valence-electron chi connectivity index (χ4n) is 1.98. The van der Waals surface area contributed by atoms with Crippen molar-refractivity contribution in [1.82, 2.24) is 4.98 Å². The topological polar surface area (TPSA) is 33.8 Å². The van der Waals surface area contributed by atoms with E-state index in [1.807, 2.05) is 54.0 Å². The van der Waals surface area contributed by atoms with Crippen molar-refractivity contribution in [2.24, 2.45) is 0 Å². The summed E-state index contributed by atoms with van der Waals surface area (Å²) in [7, 11) is 0. The minimum absolute atomic E-state index is 0.104. The number of hydrogen-bond donors (Lipinski definition) is 0. The van der Waals surface area contributed by atoms with Gasteiger partial charge in [0.2, 0.25) is 5.78 Å². The molecule has 0 amide bonds. The number of halogens is 1. The van der Waals surface area contributed by atoms with E-state index in [0.29, 0.717) is 6.54 Å². The van der Waals surface area contributed by atoms with Gasteiger partial charge in [0.15, 0.2) is 12.2 Å². The summed E-state index contributed by atoms with van der Waals surface area (Å²) in [4.78, 5) is 17.2. The van der Waals surface area contributed by atoms with Crippen molar-refractivity contribution in [3.63, 3.8) is 0 Å². The van der Waals surface area contributed by atoms with Crippen molar-refractivity contribution in [2.45, 2.75) is 6.54 Å². The molecule has 0 radical (unpaired) electrons. The van der Waals surface area contributed by atoms with Crippen LogP contribution in [-0.2, 0) is 6.54 Å². The summed E-state index contributed by atoms with van der Waals surface area (Å²) in [6.07, 6.45) is 3.58. The standard InChI is InChI=1S/C16H12BrN2OS/c17-13-4-1-3-12(9-13)14-6-7-19(11-18-14)10-15(20)16-5-2-8-21-16/h1-9,11H,10H2/q+1. The molecule has 0 spiro atoms. The van der Waals surface area contributed by atoms with E-state index < -0.39 is 0 Å². The smallest absolute Gasteiger partial charge is 0.287 e. The van der Waals surface area contributed by atoms with Crippen molar-refractivity contribution in [3.8, 4) is 11.3 Å². The first kappa shape index (κ1) is 14.1. The molecule has 5 heteroatoms. The Kier molecular flexibility index (Phi) is 4.22. The predicted molar refractivity (Wildman–Crippen MR) is 86.2 cm³/mol. The van der Waals surface area contributed by atoms with Crippen LogP contribution < -0.4 is 4.57 Å². The summed E-state index contributed by atoms with van der Waals surface area (Å²) in [6, 6.07) is 13.6. The summed E-state index contributed by atoms with van der Waals surface area (Å²) < 4.78 is 2.81. The van der Waals surface area contributed by atoms with Crippen LogP contribution in [0.5, 0.6) is 0 Å². The van der Waals surface area contributed by atoms with Crippen LogP contribution in [0.4, 0.5) is 0 Å². The number of hydrogen-bond acceptors (Lipinski definition) is 3. The number of nitrogens with zero attached hydrogens (tertiary/aromatic N) is 2. The van der Waals surface area contributed by atoms with E-state index in [2.05, 4.69) is 20.9 Å². The van der Waals surface area contributed by atoms with E-state index in [0.717, 1.165) is 20.6 Å². The lowest BCUT2D eigenvalue weighted by Gasteiger charge is -1.99. The number of carbonyl (C=O) groups is 1. The van der Waals surface area contributed by atoms with Crippen LogP contribution >= 0.6 is 27.3 Å². The molecule has 0 unspecified atom stereocenters.